The van der Waals surface area contributed by atoms with Crippen molar-refractivity contribution in [1.29, 1.82) is 0 Å². The number of carbonyl (C=O) groups excluding carboxylic acids is 1. The maximum absolute atomic E-state index is 12.2. The number of nitrogens with zero attached hydrogens (tertiary/aromatic N) is 1. The molecule has 0 radical (unpaired) electrons. The van der Waals surface area contributed by atoms with E-state index < -0.39 is 25.2 Å². The molecule has 8 heteroatoms. The third-order valence-corrected chi connectivity index (χ3v) is 4.70. The van der Waals surface area contributed by atoms with E-state index >= 15 is 0 Å². The standard InChI is InChI=1S/C10H7Cl4NO2S/c1-18(17,7-4-2-6(11)3-5-7)15-10(16)8(12)9(13)14/h2-5H,1H3. The maximum atomic E-state index is 12.2. The molecule has 0 fully saturated rings. The van der Waals surface area contributed by atoms with Crippen molar-refractivity contribution in [2.75, 3.05) is 6.26 Å². The zero-order chi connectivity index (χ0) is 13.9. The fraction of sp³-hybridized carbons (Fsp3) is 0.100. The van der Waals surface area contributed by atoms with Crippen LogP contribution in [0.2, 0.25) is 5.02 Å². The SMILES string of the molecule is CS(=O)(=NC(=O)C(Cl)=C(Cl)Cl)c1ccc(Cl)cc1. The van der Waals surface area contributed by atoms with Crippen LogP contribution < -0.4 is 0 Å². The number of hydrogen-bond donors (Lipinski definition) is 0. The minimum absolute atomic E-state index is 0.357. The van der Waals surface area contributed by atoms with Gasteiger partial charge in [-0.2, -0.15) is 4.36 Å². The Kier molecular flexibility index (Phi) is 5.49. The number of rotatable bonds is 2. The van der Waals surface area contributed by atoms with Crippen LogP contribution in [0.1, 0.15) is 0 Å². The normalized spacial score (nSPS) is 13.6. The molecule has 1 aromatic rings. The van der Waals surface area contributed by atoms with Crippen LogP contribution in [0.25, 0.3) is 0 Å². The van der Waals surface area contributed by atoms with Gasteiger partial charge in [0.05, 0.1) is 9.73 Å². The van der Waals surface area contributed by atoms with Gasteiger partial charge in [0.15, 0.2) is 0 Å². The summed E-state index contributed by atoms with van der Waals surface area (Å²) < 4.78 is 15.3. The van der Waals surface area contributed by atoms with Crippen LogP contribution in [0.3, 0.4) is 0 Å². The summed E-state index contributed by atoms with van der Waals surface area (Å²) in [4.78, 5) is 11.9. The summed E-state index contributed by atoms with van der Waals surface area (Å²) >= 11 is 21.9. The first-order chi connectivity index (χ1) is 8.24. The van der Waals surface area contributed by atoms with Crippen molar-refractivity contribution in [2.45, 2.75) is 4.90 Å². The van der Waals surface area contributed by atoms with E-state index in [-0.39, 0.29) is 0 Å². The predicted molar refractivity (Wildman–Crippen MR) is 75.8 cm³/mol. The van der Waals surface area contributed by atoms with E-state index in [9.17, 15) is 9.00 Å². The van der Waals surface area contributed by atoms with Gasteiger partial charge in [-0.25, -0.2) is 4.21 Å². The second kappa shape index (κ2) is 6.26. The van der Waals surface area contributed by atoms with Crippen molar-refractivity contribution >= 4 is 62.0 Å². The second-order valence-electron chi connectivity index (χ2n) is 3.23. The lowest BCUT2D eigenvalue weighted by Gasteiger charge is -2.03. The van der Waals surface area contributed by atoms with E-state index in [1.54, 1.807) is 12.1 Å². The Morgan fingerprint density at radius 2 is 1.67 bits per heavy atom. The predicted octanol–water partition coefficient (Wildman–Crippen LogP) is 4.21. The van der Waals surface area contributed by atoms with Gasteiger partial charge < -0.3 is 0 Å². The third kappa shape index (κ3) is 4.14. The van der Waals surface area contributed by atoms with Crippen molar-refractivity contribution in [3.8, 4) is 0 Å². The molecule has 0 saturated carbocycles. The molecule has 0 spiro atoms. The van der Waals surface area contributed by atoms with E-state index in [4.69, 9.17) is 46.4 Å². The zero-order valence-electron chi connectivity index (χ0n) is 8.99. The summed E-state index contributed by atoms with van der Waals surface area (Å²) in [5.74, 6) is -0.931. The average Bonchev–Trinajstić information content (AvgIpc) is 2.27. The van der Waals surface area contributed by atoms with Gasteiger partial charge in [-0.3, -0.25) is 4.79 Å². The molecule has 1 amide bonds. The Labute approximate surface area is 125 Å². The summed E-state index contributed by atoms with van der Waals surface area (Å²) in [6.07, 6.45) is 1.31. The van der Waals surface area contributed by atoms with Crippen LogP contribution in [0.15, 0.2) is 43.0 Å². The lowest BCUT2D eigenvalue weighted by atomic mass is 10.4. The zero-order valence-corrected chi connectivity index (χ0v) is 12.8. The molecule has 0 aliphatic heterocycles. The molecule has 0 bridgehead atoms. The van der Waals surface area contributed by atoms with Crippen molar-refractivity contribution in [1.82, 2.24) is 0 Å². The van der Waals surface area contributed by atoms with Gasteiger partial charge >= 0.3 is 0 Å². The number of hydrogen-bond acceptors (Lipinski definition) is 2. The number of benzene rings is 1. The molecule has 18 heavy (non-hydrogen) atoms. The number of amides is 1. The Morgan fingerprint density at radius 1 is 1.17 bits per heavy atom. The van der Waals surface area contributed by atoms with Gasteiger partial charge in [0, 0.05) is 16.2 Å². The average molecular weight is 347 g/mol. The molecule has 0 aliphatic rings. The van der Waals surface area contributed by atoms with Crippen molar-refractivity contribution < 1.29 is 9.00 Å². The first kappa shape index (κ1) is 15.8. The minimum atomic E-state index is -2.92. The Balaban J connectivity index is 3.23. The molecule has 0 N–H and O–H groups in total. The summed E-state index contributed by atoms with van der Waals surface area (Å²) in [5, 5.41) is 0.0175. The van der Waals surface area contributed by atoms with Crippen molar-refractivity contribution in [3.05, 3.63) is 38.8 Å². The van der Waals surface area contributed by atoms with Crippen LogP contribution >= 0.6 is 46.4 Å². The molecule has 0 saturated heterocycles. The Hall–Kier alpha value is -0.260. The number of halogens is 4. The van der Waals surface area contributed by atoms with E-state index in [1.165, 1.54) is 18.4 Å². The van der Waals surface area contributed by atoms with E-state index in [0.29, 0.717) is 9.92 Å². The molecule has 1 aromatic carbocycles. The highest BCUT2D eigenvalue weighted by Gasteiger charge is 2.14. The molecule has 98 valence electrons. The maximum Gasteiger partial charge on any atom is 0.299 e. The first-order valence-corrected chi connectivity index (χ1v) is 7.90. The summed E-state index contributed by atoms with van der Waals surface area (Å²) in [5.41, 5.74) is 0. The van der Waals surface area contributed by atoms with Crippen LogP contribution in [-0.4, -0.2) is 16.4 Å². The molecule has 1 unspecified atom stereocenters. The smallest absolute Gasteiger partial charge is 0.265 e. The van der Waals surface area contributed by atoms with E-state index in [2.05, 4.69) is 4.36 Å². The van der Waals surface area contributed by atoms with Crippen LogP contribution in [0.5, 0.6) is 0 Å². The molecule has 0 aliphatic carbocycles. The largest absolute Gasteiger partial charge is 0.299 e. The quantitative estimate of drug-likeness (QED) is 0.753. The highest BCUT2D eigenvalue weighted by atomic mass is 35.5. The molecular formula is C10H7Cl4NO2S. The van der Waals surface area contributed by atoms with Crippen LogP contribution in [-0.2, 0) is 14.5 Å². The molecule has 1 rings (SSSR count). The fourth-order valence-electron chi connectivity index (χ4n) is 1.02. The van der Waals surface area contributed by atoms with Crippen molar-refractivity contribution in [3.63, 3.8) is 0 Å². The molecular weight excluding hydrogens is 340 g/mol. The monoisotopic (exact) mass is 345 g/mol. The summed E-state index contributed by atoms with van der Waals surface area (Å²) in [7, 11) is -2.92. The molecule has 0 aromatic heterocycles. The van der Waals surface area contributed by atoms with Gasteiger partial charge in [0.2, 0.25) is 0 Å². The van der Waals surface area contributed by atoms with Crippen molar-refractivity contribution in [2.24, 2.45) is 4.36 Å². The summed E-state index contributed by atoms with van der Waals surface area (Å²) in [6, 6.07) is 6.13. The van der Waals surface area contributed by atoms with Crippen LogP contribution in [0.4, 0.5) is 0 Å². The van der Waals surface area contributed by atoms with Gasteiger partial charge in [0.1, 0.15) is 9.52 Å². The van der Waals surface area contributed by atoms with Crippen LogP contribution in [0, 0.1) is 0 Å². The van der Waals surface area contributed by atoms with Gasteiger partial charge in [-0.05, 0) is 24.3 Å². The van der Waals surface area contributed by atoms with Gasteiger partial charge in [0.25, 0.3) is 5.91 Å². The number of carbonyl (C=O) groups is 1. The lowest BCUT2D eigenvalue weighted by molar-refractivity contribution is -0.113. The summed E-state index contributed by atoms with van der Waals surface area (Å²) in [6.45, 7) is 0. The highest BCUT2D eigenvalue weighted by molar-refractivity contribution is 7.93. The fourth-order valence-corrected chi connectivity index (χ4v) is 2.55. The molecule has 1 atom stereocenters. The Bertz CT molecular complexity index is 611. The minimum Gasteiger partial charge on any atom is -0.265 e. The van der Waals surface area contributed by atoms with E-state index in [0.717, 1.165) is 0 Å². The first-order valence-electron chi connectivity index (χ1n) is 4.47. The van der Waals surface area contributed by atoms with E-state index in [1.807, 2.05) is 0 Å². The lowest BCUT2D eigenvalue weighted by Crippen LogP contribution is -2.03. The second-order valence-corrected chi connectivity index (χ2v) is 7.25. The van der Waals surface area contributed by atoms with Gasteiger partial charge in [-0.15, -0.1) is 0 Å². The Morgan fingerprint density at radius 3 is 2.11 bits per heavy atom. The van der Waals surface area contributed by atoms with Gasteiger partial charge in [-0.1, -0.05) is 46.4 Å². The highest BCUT2D eigenvalue weighted by Crippen LogP contribution is 2.21. The molecule has 0 heterocycles. The third-order valence-electron chi connectivity index (χ3n) is 1.86. The topological polar surface area (TPSA) is 46.5 Å². The molecule has 3 nitrogen and oxygen atoms in total.